The van der Waals surface area contributed by atoms with Crippen LogP contribution in [0.5, 0.6) is 0 Å². The summed E-state index contributed by atoms with van der Waals surface area (Å²) >= 11 is 5.93. The first-order valence-corrected chi connectivity index (χ1v) is 4.68. The fourth-order valence-electron chi connectivity index (χ4n) is 1.18. The number of halogens is 1. The Morgan fingerprint density at radius 2 is 2.27 bits per heavy atom. The number of hydrogen-bond acceptors (Lipinski definition) is 3. The van der Waals surface area contributed by atoms with Crippen LogP contribution in [-0.2, 0) is 11.2 Å². The summed E-state index contributed by atoms with van der Waals surface area (Å²) in [6.45, 7) is 1.49. The summed E-state index contributed by atoms with van der Waals surface area (Å²) in [5, 5.41) is 11.8. The Kier molecular flexibility index (Phi) is 3.68. The van der Waals surface area contributed by atoms with Crippen LogP contribution in [0.25, 0.3) is 0 Å². The van der Waals surface area contributed by atoms with Crippen LogP contribution >= 0.6 is 11.6 Å². The largest absolute Gasteiger partial charge is 0.409 e. The molecule has 4 nitrogen and oxygen atoms in total. The molecule has 0 atom stereocenters. The molecular weight excluding hydrogens is 216 g/mol. The van der Waals surface area contributed by atoms with Crippen molar-refractivity contribution < 1.29 is 10.0 Å². The van der Waals surface area contributed by atoms with Gasteiger partial charge in [0.1, 0.15) is 5.78 Å². The molecule has 15 heavy (non-hydrogen) atoms. The fourth-order valence-corrected chi connectivity index (χ4v) is 1.42. The van der Waals surface area contributed by atoms with E-state index >= 15 is 0 Å². The summed E-state index contributed by atoms with van der Waals surface area (Å²) in [7, 11) is 0. The Labute approximate surface area is 92.3 Å². The lowest BCUT2D eigenvalue weighted by Crippen LogP contribution is -2.13. The molecule has 0 unspecified atom stereocenters. The van der Waals surface area contributed by atoms with Crippen molar-refractivity contribution >= 4 is 23.2 Å². The standard InChI is InChI=1S/C10H11ClN2O2/c1-6(14)4-7-2-3-8(5-9(7)11)10(12)13-15/h2-3,5,15H,4H2,1H3,(H2,12,13). The van der Waals surface area contributed by atoms with Gasteiger partial charge in [0.2, 0.25) is 0 Å². The van der Waals surface area contributed by atoms with E-state index in [1.807, 2.05) is 0 Å². The molecular formula is C10H11ClN2O2. The van der Waals surface area contributed by atoms with Crippen molar-refractivity contribution in [1.82, 2.24) is 0 Å². The van der Waals surface area contributed by atoms with Gasteiger partial charge < -0.3 is 10.9 Å². The van der Waals surface area contributed by atoms with Crippen LogP contribution in [0.1, 0.15) is 18.1 Å². The lowest BCUT2D eigenvalue weighted by atomic mass is 10.1. The van der Waals surface area contributed by atoms with Gasteiger partial charge in [0.15, 0.2) is 5.84 Å². The molecule has 0 amide bonds. The highest BCUT2D eigenvalue weighted by Gasteiger charge is 2.06. The van der Waals surface area contributed by atoms with Crippen molar-refractivity contribution in [2.75, 3.05) is 0 Å². The molecule has 0 aliphatic carbocycles. The number of hydrogen-bond donors (Lipinski definition) is 2. The maximum absolute atomic E-state index is 10.9. The second-order valence-corrected chi connectivity index (χ2v) is 3.58. The molecule has 0 bridgehead atoms. The molecule has 3 N–H and O–H groups in total. The van der Waals surface area contributed by atoms with Gasteiger partial charge in [-0.25, -0.2) is 0 Å². The molecule has 1 aromatic rings. The third-order valence-corrected chi connectivity index (χ3v) is 2.25. The lowest BCUT2D eigenvalue weighted by molar-refractivity contribution is -0.116. The highest BCUT2D eigenvalue weighted by molar-refractivity contribution is 6.32. The number of rotatable bonds is 3. The van der Waals surface area contributed by atoms with Crippen LogP contribution in [-0.4, -0.2) is 16.8 Å². The quantitative estimate of drug-likeness (QED) is 0.356. The molecule has 0 aliphatic rings. The molecule has 1 aromatic carbocycles. The average molecular weight is 227 g/mol. The van der Waals surface area contributed by atoms with Gasteiger partial charge in [-0.15, -0.1) is 0 Å². The van der Waals surface area contributed by atoms with E-state index in [0.717, 1.165) is 5.56 Å². The minimum atomic E-state index is -0.00808. The van der Waals surface area contributed by atoms with Gasteiger partial charge in [-0.05, 0) is 18.6 Å². The Hall–Kier alpha value is -1.55. The molecule has 0 radical (unpaired) electrons. The van der Waals surface area contributed by atoms with E-state index in [4.69, 9.17) is 22.5 Å². The van der Waals surface area contributed by atoms with Crippen molar-refractivity contribution in [3.05, 3.63) is 34.3 Å². The van der Waals surface area contributed by atoms with Crippen molar-refractivity contribution in [3.63, 3.8) is 0 Å². The number of ketones is 1. The van der Waals surface area contributed by atoms with Crippen LogP contribution in [0.3, 0.4) is 0 Å². The Morgan fingerprint density at radius 1 is 1.60 bits per heavy atom. The molecule has 0 saturated carbocycles. The van der Waals surface area contributed by atoms with Crippen LogP contribution in [0.2, 0.25) is 5.02 Å². The van der Waals surface area contributed by atoms with E-state index < -0.39 is 0 Å². The summed E-state index contributed by atoms with van der Waals surface area (Å²) < 4.78 is 0. The van der Waals surface area contributed by atoms with E-state index in [-0.39, 0.29) is 18.0 Å². The van der Waals surface area contributed by atoms with E-state index in [1.165, 1.54) is 6.92 Å². The second-order valence-electron chi connectivity index (χ2n) is 3.17. The normalized spacial score (nSPS) is 11.5. The molecule has 1 rings (SSSR count). The van der Waals surface area contributed by atoms with Crippen LogP contribution in [0, 0.1) is 0 Å². The van der Waals surface area contributed by atoms with Crippen molar-refractivity contribution in [2.24, 2.45) is 10.9 Å². The van der Waals surface area contributed by atoms with E-state index in [1.54, 1.807) is 18.2 Å². The maximum atomic E-state index is 10.9. The number of nitrogens with two attached hydrogens (primary N) is 1. The molecule has 5 heteroatoms. The first-order chi connectivity index (χ1) is 7.04. The van der Waals surface area contributed by atoms with Crippen LogP contribution in [0.15, 0.2) is 23.4 Å². The molecule has 0 saturated heterocycles. The smallest absolute Gasteiger partial charge is 0.170 e. The SMILES string of the molecule is CC(=O)Cc1ccc(C(N)=NO)cc1Cl. The van der Waals surface area contributed by atoms with E-state index in [0.29, 0.717) is 10.6 Å². The average Bonchev–Trinajstić information content (AvgIpc) is 2.19. The minimum absolute atomic E-state index is 0.00808. The number of benzene rings is 1. The summed E-state index contributed by atoms with van der Waals surface area (Å²) in [5.41, 5.74) is 6.65. The topological polar surface area (TPSA) is 75.7 Å². The monoisotopic (exact) mass is 226 g/mol. The summed E-state index contributed by atoms with van der Waals surface area (Å²) in [6, 6.07) is 4.91. The number of carbonyl (C=O) groups excluding carboxylic acids is 1. The van der Waals surface area contributed by atoms with Gasteiger partial charge in [0.25, 0.3) is 0 Å². The molecule has 0 spiro atoms. The third-order valence-electron chi connectivity index (χ3n) is 1.90. The van der Waals surface area contributed by atoms with E-state index in [2.05, 4.69) is 5.16 Å². The van der Waals surface area contributed by atoms with Gasteiger partial charge in [-0.1, -0.05) is 28.9 Å². The Balaban J connectivity index is 3.03. The van der Waals surface area contributed by atoms with Gasteiger partial charge in [0.05, 0.1) is 0 Å². The minimum Gasteiger partial charge on any atom is -0.409 e. The predicted octanol–water partition coefficient (Wildman–Crippen LogP) is 1.57. The van der Waals surface area contributed by atoms with Crippen molar-refractivity contribution in [2.45, 2.75) is 13.3 Å². The zero-order valence-electron chi connectivity index (χ0n) is 8.20. The molecule has 0 fully saturated rings. The Morgan fingerprint density at radius 3 is 2.73 bits per heavy atom. The zero-order chi connectivity index (χ0) is 11.4. The Bertz CT molecular complexity index is 416. The summed E-state index contributed by atoms with van der Waals surface area (Å²) in [4.78, 5) is 10.9. The summed E-state index contributed by atoms with van der Waals surface area (Å²) in [5.74, 6) is 0.0275. The van der Waals surface area contributed by atoms with Gasteiger partial charge in [-0.3, -0.25) is 4.79 Å². The van der Waals surface area contributed by atoms with Gasteiger partial charge >= 0.3 is 0 Å². The molecule has 0 aromatic heterocycles. The van der Waals surface area contributed by atoms with Gasteiger partial charge in [-0.2, -0.15) is 0 Å². The van der Waals surface area contributed by atoms with Crippen LogP contribution < -0.4 is 5.73 Å². The molecule has 0 heterocycles. The number of nitrogens with zero attached hydrogens (tertiary/aromatic N) is 1. The third kappa shape index (κ3) is 2.95. The van der Waals surface area contributed by atoms with Gasteiger partial charge in [0, 0.05) is 17.0 Å². The lowest BCUT2D eigenvalue weighted by Gasteiger charge is -2.04. The predicted molar refractivity (Wildman–Crippen MR) is 58.3 cm³/mol. The fraction of sp³-hybridized carbons (Fsp3) is 0.200. The number of oxime groups is 1. The molecule has 80 valence electrons. The first kappa shape index (κ1) is 11.5. The summed E-state index contributed by atoms with van der Waals surface area (Å²) in [6.07, 6.45) is 0.287. The van der Waals surface area contributed by atoms with Crippen molar-refractivity contribution in [3.8, 4) is 0 Å². The molecule has 0 aliphatic heterocycles. The number of amidine groups is 1. The number of carbonyl (C=O) groups is 1. The highest BCUT2D eigenvalue weighted by Crippen LogP contribution is 2.18. The number of Topliss-reactive ketones (excluding diaryl/α,β-unsaturated/α-hetero) is 1. The van der Waals surface area contributed by atoms with Crippen LogP contribution in [0.4, 0.5) is 0 Å². The second kappa shape index (κ2) is 4.79. The van der Waals surface area contributed by atoms with Crippen molar-refractivity contribution in [1.29, 1.82) is 0 Å². The maximum Gasteiger partial charge on any atom is 0.170 e. The first-order valence-electron chi connectivity index (χ1n) is 4.30. The highest BCUT2D eigenvalue weighted by atomic mass is 35.5. The van der Waals surface area contributed by atoms with E-state index in [9.17, 15) is 4.79 Å². The zero-order valence-corrected chi connectivity index (χ0v) is 8.95.